The van der Waals surface area contributed by atoms with E-state index in [0.29, 0.717) is 5.58 Å². The second kappa shape index (κ2) is 3.62. The zero-order valence-corrected chi connectivity index (χ0v) is 9.38. The monoisotopic (exact) mass is 221 g/mol. The molecule has 0 fully saturated rings. The molecule has 0 aliphatic heterocycles. The lowest BCUT2D eigenvalue weighted by Crippen LogP contribution is -2.16. The number of carbonyl (C=O) groups is 1. The van der Waals surface area contributed by atoms with Crippen LogP contribution in [0.3, 0.4) is 0 Å². The summed E-state index contributed by atoms with van der Waals surface area (Å²) in [6, 6.07) is 7.34. The minimum atomic E-state index is -0.0993. The van der Waals surface area contributed by atoms with Crippen LogP contribution in [-0.4, -0.2) is 10.5 Å². The topological polar surface area (TPSA) is 35.1 Å². The van der Waals surface area contributed by atoms with Crippen molar-refractivity contribution in [1.29, 1.82) is 0 Å². The Balaban J connectivity index is 2.75. The molecule has 0 aliphatic rings. The Morgan fingerprint density at radius 3 is 2.73 bits per heavy atom. The summed E-state index contributed by atoms with van der Waals surface area (Å²) in [5.74, 6) is -0.136. The number of fused-ring (bicyclic) bond motifs is 1. The maximum absolute atomic E-state index is 11.9. The van der Waals surface area contributed by atoms with E-state index < -0.39 is 0 Å². The van der Waals surface area contributed by atoms with Gasteiger partial charge in [-0.15, -0.1) is 0 Å². The van der Waals surface area contributed by atoms with E-state index in [-0.39, 0.29) is 16.7 Å². The summed E-state index contributed by atoms with van der Waals surface area (Å²) in [5, 5.41) is 0. The Hall–Kier alpha value is -1.42. The van der Waals surface area contributed by atoms with Crippen molar-refractivity contribution in [3.05, 3.63) is 29.1 Å². The van der Waals surface area contributed by atoms with E-state index in [1.165, 1.54) is 4.57 Å². The van der Waals surface area contributed by atoms with Crippen molar-refractivity contribution in [3.63, 3.8) is 0 Å². The molecule has 1 heterocycles. The standard InChI is InChI=1S/C11H11NO2S/c1-7(2)10(13)12-8-5-3-4-6-9(8)14-11(12)15/h3-7H,1-2H3. The van der Waals surface area contributed by atoms with Crippen molar-refractivity contribution >= 4 is 29.2 Å². The van der Waals surface area contributed by atoms with Gasteiger partial charge in [-0.1, -0.05) is 26.0 Å². The molecule has 0 aliphatic carbocycles. The van der Waals surface area contributed by atoms with E-state index in [4.69, 9.17) is 16.6 Å². The van der Waals surface area contributed by atoms with Gasteiger partial charge in [0.25, 0.3) is 4.84 Å². The van der Waals surface area contributed by atoms with Crippen molar-refractivity contribution in [2.75, 3.05) is 0 Å². The third-order valence-electron chi connectivity index (χ3n) is 2.20. The van der Waals surface area contributed by atoms with E-state index in [1.54, 1.807) is 6.07 Å². The number of aromatic nitrogens is 1. The summed E-state index contributed by atoms with van der Waals surface area (Å²) in [7, 11) is 0. The van der Waals surface area contributed by atoms with Crippen molar-refractivity contribution < 1.29 is 9.21 Å². The van der Waals surface area contributed by atoms with Gasteiger partial charge < -0.3 is 4.42 Å². The van der Waals surface area contributed by atoms with Crippen LogP contribution in [0.15, 0.2) is 28.7 Å². The Morgan fingerprint density at radius 2 is 2.07 bits per heavy atom. The minimum absolute atomic E-state index is 0.0371. The fourth-order valence-electron chi connectivity index (χ4n) is 1.43. The van der Waals surface area contributed by atoms with Crippen LogP contribution in [0.4, 0.5) is 0 Å². The Kier molecular flexibility index (Phi) is 2.44. The van der Waals surface area contributed by atoms with Crippen LogP contribution < -0.4 is 0 Å². The molecule has 0 atom stereocenters. The molecule has 0 saturated heterocycles. The third kappa shape index (κ3) is 1.61. The van der Waals surface area contributed by atoms with Gasteiger partial charge in [-0.2, -0.15) is 0 Å². The minimum Gasteiger partial charge on any atom is -0.429 e. The lowest BCUT2D eigenvalue weighted by molar-refractivity contribution is 0.0854. The summed E-state index contributed by atoms with van der Waals surface area (Å²) in [6.45, 7) is 3.68. The predicted octanol–water partition coefficient (Wildman–Crippen LogP) is 3.26. The number of carbonyl (C=O) groups excluding carboxylic acids is 1. The number of benzene rings is 1. The molecule has 0 bridgehead atoms. The number of oxazole rings is 1. The first-order chi connectivity index (χ1) is 7.11. The van der Waals surface area contributed by atoms with Crippen LogP contribution in [0.1, 0.15) is 18.6 Å². The predicted molar refractivity (Wildman–Crippen MR) is 60.5 cm³/mol. The summed E-state index contributed by atoms with van der Waals surface area (Å²) in [6.07, 6.45) is 0. The molecule has 0 amide bonds. The van der Waals surface area contributed by atoms with E-state index in [1.807, 2.05) is 32.0 Å². The number of nitrogens with zero attached hydrogens (tertiary/aromatic N) is 1. The van der Waals surface area contributed by atoms with Gasteiger partial charge in [0, 0.05) is 5.92 Å². The molecular weight excluding hydrogens is 210 g/mol. The molecule has 1 aromatic heterocycles. The van der Waals surface area contributed by atoms with Gasteiger partial charge in [-0.25, -0.2) is 4.57 Å². The van der Waals surface area contributed by atoms with Gasteiger partial charge in [-0.05, 0) is 24.4 Å². The Labute approximate surface area is 92.3 Å². The van der Waals surface area contributed by atoms with E-state index >= 15 is 0 Å². The van der Waals surface area contributed by atoms with Gasteiger partial charge in [0.15, 0.2) is 5.58 Å². The molecule has 78 valence electrons. The molecule has 2 aromatic rings. The summed E-state index contributed by atoms with van der Waals surface area (Å²) >= 11 is 5.02. The smallest absolute Gasteiger partial charge is 0.276 e. The molecule has 2 rings (SSSR count). The average molecular weight is 221 g/mol. The largest absolute Gasteiger partial charge is 0.429 e. The highest BCUT2D eigenvalue weighted by atomic mass is 32.1. The molecule has 0 radical (unpaired) electrons. The van der Waals surface area contributed by atoms with Crippen LogP contribution in [-0.2, 0) is 0 Å². The van der Waals surface area contributed by atoms with E-state index in [9.17, 15) is 4.79 Å². The van der Waals surface area contributed by atoms with Gasteiger partial charge in [0.05, 0.1) is 5.52 Å². The first-order valence-corrected chi connectivity index (χ1v) is 5.17. The molecule has 0 N–H and O–H groups in total. The highest BCUT2D eigenvalue weighted by molar-refractivity contribution is 7.71. The van der Waals surface area contributed by atoms with E-state index in [0.717, 1.165) is 5.52 Å². The Bertz CT molecular complexity index is 565. The maximum atomic E-state index is 11.9. The highest BCUT2D eigenvalue weighted by Crippen LogP contribution is 2.18. The van der Waals surface area contributed by atoms with Crippen LogP contribution in [0.25, 0.3) is 11.1 Å². The SMILES string of the molecule is CC(C)C(=O)n1c(=S)oc2ccccc21. The Morgan fingerprint density at radius 1 is 1.40 bits per heavy atom. The van der Waals surface area contributed by atoms with Crippen LogP contribution >= 0.6 is 12.2 Å². The molecule has 0 spiro atoms. The highest BCUT2D eigenvalue weighted by Gasteiger charge is 2.15. The second-order valence-corrected chi connectivity index (χ2v) is 4.01. The molecule has 0 unspecified atom stereocenters. The lowest BCUT2D eigenvalue weighted by atomic mass is 10.2. The molecule has 15 heavy (non-hydrogen) atoms. The third-order valence-corrected chi connectivity index (χ3v) is 2.47. The van der Waals surface area contributed by atoms with Gasteiger partial charge in [-0.3, -0.25) is 4.79 Å². The van der Waals surface area contributed by atoms with Gasteiger partial charge >= 0.3 is 0 Å². The summed E-state index contributed by atoms with van der Waals surface area (Å²) in [4.78, 5) is 12.1. The lowest BCUT2D eigenvalue weighted by Gasteiger charge is -2.04. The normalized spacial score (nSPS) is 11.1. The molecule has 0 saturated carbocycles. The fourth-order valence-corrected chi connectivity index (χ4v) is 1.71. The average Bonchev–Trinajstić information content (AvgIpc) is 2.52. The second-order valence-electron chi connectivity index (χ2n) is 3.66. The quantitative estimate of drug-likeness (QED) is 0.693. The maximum Gasteiger partial charge on any atom is 0.276 e. The molecule has 1 aromatic carbocycles. The van der Waals surface area contributed by atoms with Crippen LogP contribution in [0.5, 0.6) is 0 Å². The zero-order valence-electron chi connectivity index (χ0n) is 8.56. The number of rotatable bonds is 1. The van der Waals surface area contributed by atoms with Crippen LogP contribution in [0, 0.1) is 10.8 Å². The molecule has 4 heteroatoms. The molecular formula is C11H11NO2S. The number of hydrogen-bond donors (Lipinski definition) is 0. The fraction of sp³-hybridized carbons (Fsp3) is 0.273. The van der Waals surface area contributed by atoms with Crippen molar-refractivity contribution in [2.24, 2.45) is 5.92 Å². The summed E-state index contributed by atoms with van der Waals surface area (Å²) in [5.41, 5.74) is 1.39. The molecule has 3 nitrogen and oxygen atoms in total. The van der Waals surface area contributed by atoms with Crippen molar-refractivity contribution in [1.82, 2.24) is 4.57 Å². The zero-order chi connectivity index (χ0) is 11.0. The van der Waals surface area contributed by atoms with Crippen molar-refractivity contribution in [3.8, 4) is 0 Å². The van der Waals surface area contributed by atoms with Gasteiger partial charge in [0.1, 0.15) is 0 Å². The first kappa shape index (κ1) is 10.1. The van der Waals surface area contributed by atoms with E-state index in [2.05, 4.69) is 0 Å². The van der Waals surface area contributed by atoms with Crippen molar-refractivity contribution in [2.45, 2.75) is 13.8 Å². The first-order valence-electron chi connectivity index (χ1n) is 4.76. The number of hydrogen-bond acceptors (Lipinski definition) is 3. The number of para-hydroxylation sites is 2. The van der Waals surface area contributed by atoms with Gasteiger partial charge in [0.2, 0.25) is 5.91 Å². The van der Waals surface area contributed by atoms with Crippen LogP contribution in [0.2, 0.25) is 0 Å². The summed E-state index contributed by atoms with van der Waals surface area (Å²) < 4.78 is 6.78.